The Kier molecular flexibility index (Phi) is 5.78. The Hall–Kier alpha value is -1.54. The van der Waals surface area contributed by atoms with E-state index in [0.717, 1.165) is 25.1 Å². The number of nitrogens with zero attached hydrogens (tertiary/aromatic N) is 3. The second-order valence-electron chi connectivity index (χ2n) is 6.28. The summed E-state index contributed by atoms with van der Waals surface area (Å²) < 4.78 is 17.0. The van der Waals surface area contributed by atoms with Crippen LogP contribution in [0.1, 0.15) is 12.0 Å². The molecule has 1 aromatic heterocycles. The van der Waals surface area contributed by atoms with Crippen LogP contribution < -0.4 is 0 Å². The topological polar surface area (TPSA) is 64.1 Å². The quantitative estimate of drug-likeness (QED) is 0.799. The molecule has 0 radical (unpaired) electrons. The highest BCUT2D eigenvalue weighted by Crippen LogP contribution is 2.25. The van der Waals surface area contributed by atoms with Gasteiger partial charge in [0.1, 0.15) is 6.61 Å². The van der Waals surface area contributed by atoms with E-state index in [9.17, 15) is 4.79 Å². The lowest BCUT2D eigenvalue weighted by atomic mass is 10.1. The molecule has 1 unspecified atom stereocenters. The summed E-state index contributed by atoms with van der Waals surface area (Å²) in [6.45, 7) is 4.61. The van der Waals surface area contributed by atoms with Crippen LogP contribution in [0.15, 0.2) is 24.5 Å². The van der Waals surface area contributed by atoms with Crippen molar-refractivity contribution < 1.29 is 19.0 Å². The SMILES string of the molecule is COCC(=O)N1CCOC2(CN(Cc3cccnc3)CCCO2)C1. The van der Waals surface area contributed by atoms with Gasteiger partial charge in [0.2, 0.25) is 5.91 Å². The molecule has 3 rings (SSSR count). The summed E-state index contributed by atoms with van der Waals surface area (Å²) in [5.41, 5.74) is 1.16. The standard InChI is InChI=1S/C17H25N3O4/c1-22-12-16(21)20-7-9-24-17(14-20)13-19(6-3-8-23-17)11-15-4-2-5-18-10-15/h2,4-5,10H,3,6-9,11-14H2,1H3. The number of pyridine rings is 1. The van der Waals surface area contributed by atoms with Crippen molar-refractivity contribution in [2.45, 2.75) is 18.8 Å². The van der Waals surface area contributed by atoms with E-state index in [-0.39, 0.29) is 12.5 Å². The fourth-order valence-corrected chi connectivity index (χ4v) is 3.26. The van der Waals surface area contributed by atoms with E-state index >= 15 is 0 Å². The normalized spacial score (nSPS) is 25.6. The number of carbonyl (C=O) groups excluding carboxylic acids is 1. The van der Waals surface area contributed by atoms with Crippen LogP contribution in [0.25, 0.3) is 0 Å². The Bertz CT molecular complexity index is 542. The molecule has 0 aliphatic carbocycles. The third kappa shape index (κ3) is 4.30. The second-order valence-corrected chi connectivity index (χ2v) is 6.28. The third-order valence-corrected chi connectivity index (χ3v) is 4.36. The number of methoxy groups -OCH3 is 1. The molecule has 2 saturated heterocycles. The van der Waals surface area contributed by atoms with E-state index < -0.39 is 5.79 Å². The minimum atomic E-state index is -0.750. The highest BCUT2D eigenvalue weighted by Gasteiger charge is 2.42. The van der Waals surface area contributed by atoms with Crippen molar-refractivity contribution in [3.05, 3.63) is 30.1 Å². The maximum atomic E-state index is 12.2. The molecule has 0 N–H and O–H groups in total. The Balaban J connectivity index is 1.67. The Morgan fingerprint density at radius 1 is 1.33 bits per heavy atom. The molecular weight excluding hydrogens is 310 g/mol. The summed E-state index contributed by atoms with van der Waals surface area (Å²) >= 11 is 0. The van der Waals surface area contributed by atoms with Gasteiger partial charge in [-0.1, -0.05) is 6.07 Å². The number of ether oxygens (including phenoxy) is 3. The number of hydrogen-bond acceptors (Lipinski definition) is 6. The summed E-state index contributed by atoms with van der Waals surface area (Å²) in [6.07, 6.45) is 4.60. The van der Waals surface area contributed by atoms with Gasteiger partial charge in [-0.05, 0) is 18.1 Å². The van der Waals surface area contributed by atoms with E-state index in [0.29, 0.717) is 32.8 Å². The molecule has 7 nitrogen and oxygen atoms in total. The number of carbonyl (C=O) groups is 1. The molecule has 2 aliphatic heterocycles. The lowest BCUT2D eigenvalue weighted by Gasteiger charge is -2.43. The molecule has 3 heterocycles. The van der Waals surface area contributed by atoms with Gasteiger partial charge in [0.15, 0.2) is 5.79 Å². The molecule has 7 heteroatoms. The van der Waals surface area contributed by atoms with Gasteiger partial charge in [0.05, 0.1) is 26.3 Å². The summed E-state index contributed by atoms with van der Waals surface area (Å²) in [6, 6.07) is 4.02. The molecule has 132 valence electrons. The first kappa shape index (κ1) is 17.3. The molecule has 0 aromatic carbocycles. The number of amides is 1. The van der Waals surface area contributed by atoms with Crippen molar-refractivity contribution in [2.24, 2.45) is 0 Å². The van der Waals surface area contributed by atoms with Crippen molar-refractivity contribution in [3.8, 4) is 0 Å². The Labute approximate surface area is 142 Å². The average Bonchev–Trinajstić information content (AvgIpc) is 2.78. The van der Waals surface area contributed by atoms with Crippen molar-refractivity contribution in [1.29, 1.82) is 0 Å². The predicted octanol–water partition coefficient (Wildman–Crippen LogP) is 0.505. The first-order valence-corrected chi connectivity index (χ1v) is 8.37. The maximum absolute atomic E-state index is 12.2. The zero-order valence-corrected chi connectivity index (χ0v) is 14.1. The zero-order valence-electron chi connectivity index (χ0n) is 14.1. The van der Waals surface area contributed by atoms with E-state index in [1.807, 2.05) is 12.3 Å². The van der Waals surface area contributed by atoms with Crippen LogP contribution in [0, 0.1) is 0 Å². The Morgan fingerprint density at radius 3 is 3.00 bits per heavy atom. The van der Waals surface area contributed by atoms with E-state index in [2.05, 4.69) is 16.0 Å². The van der Waals surface area contributed by atoms with Crippen LogP contribution in [0.4, 0.5) is 0 Å². The predicted molar refractivity (Wildman–Crippen MR) is 87.2 cm³/mol. The number of aromatic nitrogens is 1. The molecule has 2 aliphatic rings. The van der Waals surface area contributed by atoms with Gasteiger partial charge in [-0.3, -0.25) is 14.7 Å². The third-order valence-electron chi connectivity index (χ3n) is 4.36. The van der Waals surface area contributed by atoms with E-state index in [1.165, 1.54) is 7.11 Å². The molecule has 2 fully saturated rings. The van der Waals surface area contributed by atoms with Crippen molar-refractivity contribution in [2.75, 3.05) is 53.1 Å². The highest BCUT2D eigenvalue weighted by molar-refractivity contribution is 5.77. The van der Waals surface area contributed by atoms with Crippen LogP contribution in [0.3, 0.4) is 0 Å². The van der Waals surface area contributed by atoms with Crippen LogP contribution in [-0.2, 0) is 25.5 Å². The fraction of sp³-hybridized carbons (Fsp3) is 0.647. The van der Waals surface area contributed by atoms with Crippen LogP contribution >= 0.6 is 0 Å². The lowest BCUT2D eigenvalue weighted by molar-refractivity contribution is -0.265. The van der Waals surface area contributed by atoms with Crippen LogP contribution in [-0.4, -0.2) is 79.6 Å². The zero-order chi connectivity index (χ0) is 16.8. The molecule has 0 saturated carbocycles. The smallest absolute Gasteiger partial charge is 0.248 e. The summed E-state index contributed by atoms with van der Waals surface area (Å²) in [7, 11) is 1.53. The van der Waals surface area contributed by atoms with Gasteiger partial charge in [0, 0.05) is 39.1 Å². The van der Waals surface area contributed by atoms with Gasteiger partial charge >= 0.3 is 0 Å². The van der Waals surface area contributed by atoms with Crippen LogP contribution in [0.5, 0.6) is 0 Å². The lowest BCUT2D eigenvalue weighted by Crippen LogP contribution is -2.59. The summed E-state index contributed by atoms with van der Waals surface area (Å²) in [5, 5.41) is 0. The molecule has 1 spiro atoms. The van der Waals surface area contributed by atoms with Crippen molar-refractivity contribution >= 4 is 5.91 Å². The van der Waals surface area contributed by atoms with Crippen molar-refractivity contribution in [3.63, 3.8) is 0 Å². The molecule has 1 aromatic rings. The van der Waals surface area contributed by atoms with Crippen molar-refractivity contribution in [1.82, 2.24) is 14.8 Å². The van der Waals surface area contributed by atoms with E-state index in [4.69, 9.17) is 14.2 Å². The largest absolute Gasteiger partial charge is 0.375 e. The maximum Gasteiger partial charge on any atom is 0.248 e. The Morgan fingerprint density at radius 2 is 2.21 bits per heavy atom. The number of hydrogen-bond donors (Lipinski definition) is 0. The molecule has 24 heavy (non-hydrogen) atoms. The number of morpholine rings is 1. The molecule has 0 bridgehead atoms. The average molecular weight is 335 g/mol. The van der Waals surface area contributed by atoms with E-state index in [1.54, 1.807) is 11.1 Å². The molecule has 1 amide bonds. The second kappa shape index (κ2) is 8.02. The summed E-state index contributed by atoms with van der Waals surface area (Å²) in [5.74, 6) is -0.771. The van der Waals surface area contributed by atoms with Gasteiger partial charge in [0.25, 0.3) is 0 Å². The number of rotatable bonds is 4. The van der Waals surface area contributed by atoms with Gasteiger partial charge < -0.3 is 19.1 Å². The first-order valence-electron chi connectivity index (χ1n) is 8.37. The minimum Gasteiger partial charge on any atom is -0.375 e. The molecule has 1 atom stereocenters. The summed E-state index contributed by atoms with van der Waals surface area (Å²) in [4.78, 5) is 20.4. The van der Waals surface area contributed by atoms with Crippen LogP contribution in [0.2, 0.25) is 0 Å². The first-order chi connectivity index (χ1) is 11.7. The highest BCUT2D eigenvalue weighted by atomic mass is 16.7. The van der Waals surface area contributed by atoms with Gasteiger partial charge in [-0.25, -0.2) is 0 Å². The monoisotopic (exact) mass is 335 g/mol. The van der Waals surface area contributed by atoms with Gasteiger partial charge in [-0.15, -0.1) is 0 Å². The van der Waals surface area contributed by atoms with Gasteiger partial charge in [-0.2, -0.15) is 0 Å². The minimum absolute atomic E-state index is 0.0215. The molecular formula is C17H25N3O4. The fourth-order valence-electron chi connectivity index (χ4n) is 3.26.